The van der Waals surface area contributed by atoms with Crippen molar-refractivity contribution in [3.05, 3.63) is 69.7 Å². The molecule has 0 saturated heterocycles. The van der Waals surface area contributed by atoms with Crippen LogP contribution in [0.1, 0.15) is 42.5 Å². The van der Waals surface area contributed by atoms with Crippen molar-refractivity contribution in [2.45, 2.75) is 53.1 Å². The minimum absolute atomic E-state index is 0.0805. The zero-order valence-corrected chi connectivity index (χ0v) is 17.8. The van der Waals surface area contributed by atoms with Crippen LogP contribution in [0.15, 0.2) is 42.5 Å². The highest BCUT2D eigenvalue weighted by Crippen LogP contribution is 2.21. The summed E-state index contributed by atoms with van der Waals surface area (Å²) < 4.78 is 0. The number of aryl methyl sites for hydroxylation is 2. The molecule has 0 bridgehead atoms. The quantitative estimate of drug-likeness (QED) is 0.711. The van der Waals surface area contributed by atoms with Gasteiger partial charge in [-0.2, -0.15) is 0 Å². The fourth-order valence-corrected chi connectivity index (χ4v) is 3.66. The second-order valence-electron chi connectivity index (χ2n) is 7.10. The van der Waals surface area contributed by atoms with Gasteiger partial charge >= 0.3 is 0 Å². The highest BCUT2D eigenvalue weighted by Gasteiger charge is 2.28. The lowest BCUT2D eigenvalue weighted by molar-refractivity contribution is -0.140. The second-order valence-corrected chi connectivity index (χ2v) is 7.51. The second kappa shape index (κ2) is 10.3. The molecule has 2 aromatic carbocycles. The third-order valence-corrected chi connectivity index (χ3v) is 5.04. The van der Waals surface area contributed by atoms with E-state index in [1.165, 1.54) is 0 Å². The maximum atomic E-state index is 13.3. The molecule has 0 aliphatic heterocycles. The standard InChI is InChI=1S/C23H29ClN2O2/c1-5-21(23(28)25-6-2)26(15-19-9-7-8-10-20(19)24)22(27)14-18-12-16(3)11-17(4)13-18/h7-13,21H,5-6,14-15H2,1-4H3,(H,25,28). The first kappa shape index (κ1) is 22.0. The van der Waals surface area contributed by atoms with Crippen LogP contribution >= 0.6 is 11.6 Å². The summed E-state index contributed by atoms with van der Waals surface area (Å²) in [6, 6.07) is 13.0. The van der Waals surface area contributed by atoms with Gasteiger partial charge in [-0.3, -0.25) is 9.59 Å². The molecule has 0 spiro atoms. The molecule has 150 valence electrons. The molecular formula is C23H29ClN2O2. The third kappa shape index (κ3) is 5.83. The molecule has 0 radical (unpaired) electrons. The molecule has 2 amide bonds. The van der Waals surface area contributed by atoms with Gasteiger partial charge in [0.25, 0.3) is 0 Å². The third-order valence-electron chi connectivity index (χ3n) is 4.67. The summed E-state index contributed by atoms with van der Waals surface area (Å²) in [6.07, 6.45) is 0.789. The fraction of sp³-hybridized carbons (Fsp3) is 0.391. The maximum absolute atomic E-state index is 13.3. The van der Waals surface area contributed by atoms with E-state index in [1.54, 1.807) is 11.0 Å². The van der Waals surface area contributed by atoms with E-state index < -0.39 is 6.04 Å². The topological polar surface area (TPSA) is 49.4 Å². The molecule has 0 aromatic heterocycles. The predicted molar refractivity (Wildman–Crippen MR) is 114 cm³/mol. The Balaban J connectivity index is 2.33. The van der Waals surface area contributed by atoms with Gasteiger partial charge in [0.2, 0.25) is 11.8 Å². The molecule has 2 aromatic rings. The summed E-state index contributed by atoms with van der Waals surface area (Å²) in [5.74, 6) is -0.214. The normalized spacial score (nSPS) is 11.8. The summed E-state index contributed by atoms with van der Waals surface area (Å²) in [7, 11) is 0. The van der Waals surface area contributed by atoms with Crippen LogP contribution in [0.5, 0.6) is 0 Å². The number of nitrogens with zero attached hydrogens (tertiary/aromatic N) is 1. The van der Waals surface area contributed by atoms with Crippen LogP contribution in [0.4, 0.5) is 0 Å². The van der Waals surface area contributed by atoms with Crippen LogP contribution in [0.2, 0.25) is 5.02 Å². The number of amides is 2. The van der Waals surface area contributed by atoms with Crippen molar-refractivity contribution in [3.63, 3.8) is 0 Å². The van der Waals surface area contributed by atoms with E-state index in [0.29, 0.717) is 24.5 Å². The Bertz CT molecular complexity index is 815. The average Bonchev–Trinajstić information content (AvgIpc) is 2.62. The Kier molecular flexibility index (Phi) is 8.06. The van der Waals surface area contributed by atoms with Crippen LogP contribution < -0.4 is 5.32 Å². The van der Waals surface area contributed by atoms with Crippen LogP contribution in [0.3, 0.4) is 0 Å². The minimum atomic E-state index is -0.533. The first-order chi connectivity index (χ1) is 13.3. The zero-order valence-electron chi connectivity index (χ0n) is 17.1. The lowest BCUT2D eigenvalue weighted by Gasteiger charge is -2.31. The van der Waals surface area contributed by atoms with Gasteiger partial charge in [0, 0.05) is 18.1 Å². The smallest absolute Gasteiger partial charge is 0.242 e. The van der Waals surface area contributed by atoms with E-state index in [9.17, 15) is 9.59 Å². The van der Waals surface area contributed by atoms with Gasteiger partial charge in [-0.05, 0) is 44.4 Å². The first-order valence-electron chi connectivity index (χ1n) is 9.73. The van der Waals surface area contributed by atoms with Crippen molar-refractivity contribution >= 4 is 23.4 Å². The predicted octanol–water partition coefficient (Wildman–Crippen LogP) is 4.44. The molecule has 28 heavy (non-hydrogen) atoms. The lowest BCUT2D eigenvalue weighted by atomic mass is 10.0. The van der Waals surface area contributed by atoms with Gasteiger partial charge in [-0.15, -0.1) is 0 Å². The number of halogens is 1. The SMILES string of the molecule is CCNC(=O)C(CC)N(Cc1ccccc1Cl)C(=O)Cc1cc(C)cc(C)c1. The minimum Gasteiger partial charge on any atom is -0.355 e. The maximum Gasteiger partial charge on any atom is 0.242 e. The van der Waals surface area contributed by atoms with Crippen molar-refractivity contribution in [2.75, 3.05) is 6.54 Å². The van der Waals surface area contributed by atoms with Gasteiger partial charge in [0.15, 0.2) is 0 Å². The van der Waals surface area contributed by atoms with Crippen LogP contribution in [0, 0.1) is 13.8 Å². The Morgan fingerprint density at radius 1 is 1.07 bits per heavy atom. The molecule has 1 atom stereocenters. The molecule has 0 aliphatic carbocycles. The summed E-state index contributed by atoms with van der Waals surface area (Å²) in [5, 5.41) is 3.44. The number of rotatable bonds is 8. The number of benzene rings is 2. The molecule has 2 rings (SSSR count). The van der Waals surface area contributed by atoms with Crippen LogP contribution in [-0.2, 0) is 22.6 Å². The zero-order chi connectivity index (χ0) is 20.7. The monoisotopic (exact) mass is 400 g/mol. The van der Waals surface area contributed by atoms with Crippen molar-refractivity contribution in [2.24, 2.45) is 0 Å². The number of carbonyl (C=O) groups is 2. The van der Waals surface area contributed by atoms with Gasteiger partial charge < -0.3 is 10.2 Å². The number of carbonyl (C=O) groups excluding carboxylic acids is 2. The number of hydrogen-bond acceptors (Lipinski definition) is 2. The van der Waals surface area contributed by atoms with Crippen LogP contribution in [-0.4, -0.2) is 29.3 Å². The van der Waals surface area contributed by atoms with E-state index in [2.05, 4.69) is 11.4 Å². The van der Waals surface area contributed by atoms with E-state index >= 15 is 0 Å². The van der Waals surface area contributed by atoms with E-state index in [0.717, 1.165) is 22.3 Å². The molecule has 0 heterocycles. The molecule has 0 fully saturated rings. The average molecular weight is 401 g/mol. The Labute approximate surface area is 172 Å². The number of likely N-dealkylation sites (N-methyl/N-ethyl adjacent to an activating group) is 1. The van der Waals surface area contributed by atoms with Crippen LogP contribution in [0.25, 0.3) is 0 Å². The van der Waals surface area contributed by atoms with Crippen molar-refractivity contribution in [3.8, 4) is 0 Å². The first-order valence-corrected chi connectivity index (χ1v) is 10.1. The molecule has 4 nitrogen and oxygen atoms in total. The number of nitrogens with one attached hydrogen (secondary N) is 1. The van der Waals surface area contributed by atoms with Crippen molar-refractivity contribution < 1.29 is 9.59 Å². The highest BCUT2D eigenvalue weighted by molar-refractivity contribution is 6.31. The van der Waals surface area contributed by atoms with Crippen molar-refractivity contribution in [1.82, 2.24) is 10.2 Å². The fourth-order valence-electron chi connectivity index (χ4n) is 3.47. The molecule has 1 unspecified atom stereocenters. The Morgan fingerprint density at radius 2 is 1.71 bits per heavy atom. The molecule has 5 heteroatoms. The Morgan fingerprint density at radius 3 is 2.29 bits per heavy atom. The summed E-state index contributed by atoms with van der Waals surface area (Å²) in [6.45, 7) is 8.67. The van der Waals surface area contributed by atoms with Gasteiger partial charge in [-0.1, -0.05) is 66.0 Å². The summed E-state index contributed by atoms with van der Waals surface area (Å²) >= 11 is 6.32. The molecule has 0 saturated carbocycles. The summed E-state index contributed by atoms with van der Waals surface area (Å²) in [4.78, 5) is 27.5. The van der Waals surface area contributed by atoms with Crippen molar-refractivity contribution in [1.29, 1.82) is 0 Å². The van der Waals surface area contributed by atoms with E-state index in [1.807, 2.05) is 58.0 Å². The van der Waals surface area contributed by atoms with E-state index in [4.69, 9.17) is 11.6 Å². The molecule has 1 N–H and O–H groups in total. The largest absolute Gasteiger partial charge is 0.355 e. The van der Waals surface area contributed by atoms with Gasteiger partial charge in [0.05, 0.1) is 6.42 Å². The Hall–Kier alpha value is -2.33. The molecular weight excluding hydrogens is 372 g/mol. The number of hydrogen-bond donors (Lipinski definition) is 1. The summed E-state index contributed by atoms with van der Waals surface area (Å²) in [5.41, 5.74) is 4.03. The highest BCUT2D eigenvalue weighted by atomic mass is 35.5. The van der Waals surface area contributed by atoms with E-state index in [-0.39, 0.29) is 18.2 Å². The van der Waals surface area contributed by atoms with Gasteiger partial charge in [-0.25, -0.2) is 0 Å². The molecule has 0 aliphatic rings. The van der Waals surface area contributed by atoms with Gasteiger partial charge in [0.1, 0.15) is 6.04 Å². The lowest BCUT2D eigenvalue weighted by Crippen LogP contribution is -2.49.